The van der Waals surface area contributed by atoms with Gasteiger partial charge in [0, 0.05) is 16.8 Å². The van der Waals surface area contributed by atoms with Crippen LogP contribution >= 0.6 is 11.8 Å². The molecule has 0 aliphatic heterocycles. The van der Waals surface area contributed by atoms with Crippen LogP contribution in [0.15, 0.2) is 23.4 Å². The Morgan fingerprint density at radius 2 is 2.12 bits per heavy atom. The fourth-order valence-corrected chi connectivity index (χ4v) is 2.35. The molecule has 0 N–H and O–H groups in total. The van der Waals surface area contributed by atoms with Gasteiger partial charge in [-0.2, -0.15) is 8.42 Å². The molecular weight excluding hydrogens is 258 g/mol. The largest absolute Gasteiger partial charge is 0.381 e. The highest BCUT2D eigenvalue weighted by Gasteiger charge is 2.10. The maximum absolute atomic E-state index is 11.3. The summed E-state index contributed by atoms with van der Waals surface area (Å²) in [5.41, 5.74) is 0. The van der Waals surface area contributed by atoms with Crippen LogP contribution in [0, 0.1) is 5.92 Å². The van der Waals surface area contributed by atoms with E-state index >= 15 is 0 Å². The van der Waals surface area contributed by atoms with E-state index in [-0.39, 0.29) is 11.5 Å². The van der Waals surface area contributed by atoms with Crippen LogP contribution in [0.3, 0.4) is 0 Å². The standard InChI is InChI=1S/C11H17NO3S2/c1-4-17(13,14)15-10-5-11(7-12-6-10)16-8-9(2)3/h5-7,9H,4,8H2,1-3H3. The normalized spacial score (nSPS) is 11.8. The highest BCUT2D eigenvalue weighted by molar-refractivity contribution is 7.99. The van der Waals surface area contributed by atoms with Crippen molar-refractivity contribution in [3.63, 3.8) is 0 Å². The van der Waals surface area contributed by atoms with Crippen LogP contribution in [0.4, 0.5) is 0 Å². The Labute approximate surface area is 107 Å². The van der Waals surface area contributed by atoms with Gasteiger partial charge in [-0.15, -0.1) is 11.8 Å². The van der Waals surface area contributed by atoms with Crippen molar-refractivity contribution in [2.75, 3.05) is 11.5 Å². The van der Waals surface area contributed by atoms with E-state index in [1.807, 2.05) is 0 Å². The van der Waals surface area contributed by atoms with E-state index < -0.39 is 10.1 Å². The molecule has 0 saturated heterocycles. The monoisotopic (exact) mass is 275 g/mol. The number of hydrogen-bond donors (Lipinski definition) is 0. The molecule has 1 rings (SSSR count). The van der Waals surface area contributed by atoms with Gasteiger partial charge in [-0.25, -0.2) is 0 Å². The Balaban J connectivity index is 2.72. The number of hydrogen-bond acceptors (Lipinski definition) is 5. The van der Waals surface area contributed by atoms with Gasteiger partial charge in [-0.3, -0.25) is 4.98 Å². The molecule has 1 aromatic rings. The third-order valence-corrected chi connectivity index (χ3v) is 4.39. The second kappa shape index (κ2) is 6.26. The molecule has 6 heteroatoms. The minimum absolute atomic E-state index is 0.0453. The number of thioether (sulfide) groups is 1. The fraction of sp³-hybridized carbons (Fsp3) is 0.545. The van der Waals surface area contributed by atoms with Crippen molar-refractivity contribution in [3.8, 4) is 5.75 Å². The molecule has 0 fully saturated rings. The lowest BCUT2D eigenvalue weighted by atomic mass is 10.3. The summed E-state index contributed by atoms with van der Waals surface area (Å²) >= 11 is 1.64. The highest BCUT2D eigenvalue weighted by atomic mass is 32.2. The lowest BCUT2D eigenvalue weighted by Crippen LogP contribution is -2.11. The molecule has 4 nitrogen and oxygen atoms in total. The first-order chi connectivity index (χ1) is 7.93. The minimum atomic E-state index is -3.47. The second-order valence-corrected chi connectivity index (χ2v) is 6.94. The molecule has 0 saturated carbocycles. The number of pyridine rings is 1. The Hall–Kier alpha value is -0.750. The molecule has 0 aliphatic carbocycles. The van der Waals surface area contributed by atoms with E-state index in [0.29, 0.717) is 5.92 Å². The van der Waals surface area contributed by atoms with Crippen LogP contribution in [0.2, 0.25) is 0 Å². The molecule has 0 spiro atoms. The van der Waals surface area contributed by atoms with Crippen LogP contribution in [-0.2, 0) is 10.1 Å². The number of rotatable bonds is 6. The van der Waals surface area contributed by atoms with Gasteiger partial charge >= 0.3 is 10.1 Å². The summed E-state index contributed by atoms with van der Waals surface area (Å²) in [5.74, 6) is 1.77. The first-order valence-electron chi connectivity index (χ1n) is 5.43. The smallest absolute Gasteiger partial charge is 0.308 e. The van der Waals surface area contributed by atoms with Crippen molar-refractivity contribution < 1.29 is 12.6 Å². The fourth-order valence-electron chi connectivity index (χ4n) is 0.992. The van der Waals surface area contributed by atoms with Crippen LogP contribution in [-0.4, -0.2) is 24.9 Å². The third-order valence-electron chi connectivity index (χ3n) is 1.85. The molecule has 0 amide bonds. The van der Waals surface area contributed by atoms with E-state index in [4.69, 9.17) is 4.18 Å². The molecule has 0 aliphatic rings. The maximum Gasteiger partial charge on any atom is 0.308 e. The van der Waals surface area contributed by atoms with Gasteiger partial charge < -0.3 is 4.18 Å². The predicted molar refractivity (Wildman–Crippen MR) is 69.9 cm³/mol. The zero-order valence-corrected chi connectivity index (χ0v) is 11.8. The van der Waals surface area contributed by atoms with Gasteiger partial charge in [0.1, 0.15) is 0 Å². The number of nitrogens with zero attached hydrogens (tertiary/aromatic N) is 1. The van der Waals surface area contributed by atoms with Gasteiger partial charge in [0.2, 0.25) is 0 Å². The quantitative estimate of drug-likeness (QED) is 0.590. The van der Waals surface area contributed by atoms with Crippen LogP contribution in [0.1, 0.15) is 20.8 Å². The van der Waals surface area contributed by atoms with E-state index in [0.717, 1.165) is 10.6 Å². The predicted octanol–water partition coefficient (Wildman–Crippen LogP) is 2.56. The summed E-state index contributed by atoms with van der Waals surface area (Å²) in [5, 5.41) is 0. The van der Waals surface area contributed by atoms with Crippen molar-refractivity contribution >= 4 is 21.9 Å². The Morgan fingerprint density at radius 3 is 2.71 bits per heavy atom. The lowest BCUT2D eigenvalue weighted by Gasteiger charge is -2.07. The van der Waals surface area contributed by atoms with Crippen molar-refractivity contribution in [2.24, 2.45) is 5.92 Å². The molecule has 0 radical (unpaired) electrons. The second-order valence-electron chi connectivity index (χ2n) is 3.99. The average Bonchev–Trinajstić information content (AvgIpc) is 2.26. The van der Waals surface area contributed by atoms with Crippen molar-refractivity contribution in [1.29, 1.82) is 0 Å². The molecule has 1 aromatic heterocycles. The van der Waals surface area contributed by atoms with E-state index in [1.165, 1.54) is 6.20 Å². The highest BCUT2D eigenvalue weighted by Crippen LogP contribution is 2.24. The summed E-state index contributed by atoms with van der Waals surface area (Å²) < 4.78 is 27.5. The van der Waals surface area contributed by atoms with E-state index in [1.54, 1.807) is 30.9 Å². The van der Waals surface area contributed by atoms with E-state index in [9.17, 15) is 8.42 Å². The van der Waals surface area contributed by atoms with Gasteiger partial charge in [0.05, 0.1) is 11.9 Å². The van der Waals surface area contributed by atoms with Gasteiger partial charge in [0.25, 0.3) is 0 Å². The topological polar surface area (TPSA) is 56.3 Å². The maximum atomic E-state index is 11.3. The van der Waals surface area contributed by atoms with Gasteiger partial charge in [0.15, 0.2) is 5.75 Å². The Kier molecular flexibility index (Phi) is 5.27. The average molecular weight is 275 g/mol. The van der Waals surface area contributed by atoms with Crippen molar-refractivity contribution in [2.45, 2.75) is 25.7 Å². The van der Waals surface area contributed by atoms with Gasteiger partial charge in [-0.1, -0.05) is 13.8 Å². The zero-order valence-electron chi connectivity index (χ0n) is 10.2. The molecule has 0 atom stereocenters. The minimum Gasteiger partial charge on any atom is -0.381 e. The molecule has 0 bridgehead atoms. The molecule has 0 aromatic carbocycles. The number of aromatic nitrogens is 1. The molecule has 96 valence electrons. The Bertz CT molecular complexity index is 458. The summed E-state index contributed by atoms with van der Waals surface area (Å²) in [6.45, 7) is 5.80. The van der Waals surface area contributed by atoms with Gasteiger partial charge in [-0.05, 0) is 18.9 Å². The van der Waals surface area contributed by atoms with Crippen LogP contribution < -0.4 is 4.18 Å². The first-order valence-corrected chi connectivity index (χ1v) is 7.99. The molecule has 17 heavy (non-hydrogen) atoms. The lowest BCUT2D eigenvalue weighted by molar-refractivity contribution is 0.485. The van der Waals surface area contributed by atoms with Crippen molar-refractivity contribution in [1.82, 2.24) is 4.98 Å². The first kappa shape index (κ1) is 14.3. The van der Waals surface area contributed by atoms with Crippen molar-refractivity contribution in [3.05, 3.63) is 18.5 Å². The van der Waals surface area contributed by atoms with Crippen LogP contribution in [0.5, 0.6) is 5.75 Å². The molecule has 1 heterocycles. The molecule has 0 unspecified atom stereocenters. The Morgan fingerprint density at radius 1 is 1.41 bits per heavy atom. The SMILES string of the molecule is CCS(=O)(=O)Oc1cncc(SCC(C)C)c1. The third kappa shape index (κ3) is 5.41. The van der Waals surface area contributed by atoms with Crippen LogP contribution in [0.25, 0.3) is 0 Å². The summed E-state index contributed by atoms with van der Waals surface area (Å²) in [7, 11) is -3.47. The summed E-state index contributed by atoms with van der Waals surface area (Å²) in [6, 6.07) is 1.70. The summed E-state index contributed by atoms with van der Waals surface area (Å²) in [4.78, 5) is 4.89. The summed E-state index contributed by atoms with van der Waals surface area (Å²) in [6.07, 6.45) is 3.12. The van der Waals surface area contributed by atoms with E-state index in [2.05, 4.69) is 18.8 Å². The molecular formula is C11H17NO3S2. The zero-order chi connectivity index (χ0) is 12.9.